The summed E-state index contributed by atoms with van der Waals surface area (Å²) >= 11 is 6.24. The first kappa shape index (κ1) is 16.5. The minimum Gasteiger partial charge on any atom is -0.441 e. The van der Waals surface area contributed by atoms with Crippen molar-refractivity contribution in [2.75, 3.05) is 26.8 Å². The molecule has 1 saturated heterocycles. The van der Waals surface area contributed by atoms with Crippen molar-refractivity contribution in [3.8, 4) is 11.5 Å². The van der Waals surface area contributed by atoms with Crippen LogP contribution in [0.3, 0.4) is 0 Å². The number of rotatable bonds is 5. The van der Waals surface area contributed by atoms with Gasteiger partial charge in [-0.25, -0.2) is 4.98 Å². The van der Waals surface area contributed by atoms with Crippen LogP contribution in [0.1, 0.15) is 24.3 Å². The van der Waals surface area contributed by atoms with Gasteiger partial charge in [-0.05, 0) is 44.4 Å². The molecule has 1 aromatic heterocycles. The number of aryl methyl sites for hydroxylation is 1. The molecule has 1 aliphatic rings. The Labute approximate surface area is 142 Å². The zero-order valence-corrected chi connectivity index (χ0v) is 14.5. The van der Waals surface area contributed by atoms with Gasteiger partial charge in [0.1, 0.15) is 5.76 Å². The first-order valence-corrected chi connectivity index (χ1v) is 8.47. The number of ether oxygens (including phenoxy) is 1. The summed E-state index contributed by atoms with van der Waals surface area (Å²) in [5.41, 5.74) is 1.84. The lowest BCUT2D eigenvalue weighted by molar-refractivity contribution is 0.0866. The summed E-state index contributed by atoms with van der Waals surface area (Å²) in [6, 6.07) is 7.65. The van der Waals surface area contributed by atoms with Gasteiger partial charge in [-0.2, -0.15) is 0 Å². The summed E-state index contributed by atoms with van der Waals surface area (Å²) in [5.74, 6) is 2.09. The van der Waals surface area contributed by atoms with Crippen molar-refractivity contribution in [3.05, 3.63) is 40.7 Å². The van der Waals surface area contributed by atoms with Crippen LogP contribution in [-0.2, 0) is 11.3 Å². The number of halogens is 1. The summed E-state index contributed by atoms with van der Waals surface area (Å²) in [7, 11) is 1.77. The molecule has 0 saturated carbocycles. The zero-order chi connectivity index (χ0) is 16.2. The lowest BCUT2D eigenvalue weighted by Gasteiger charge is -2.31. The third-order valence-electron chi connectivity index (χ3n) is 4.38. The molecular formula is C18H23ClN2O2. The van der Waals surface area contributed by atoms with Gasteiger partial charge in [-0.1, -0.05) is 23.7 Å². The molecule has 1 aromatic carbocycles. The molecule has 2 heterocycles. The number of methoxy groups -OCH3 is 1. The number of hydrogen-bond donors (Lipinski definition) is 0. The fourth-order valence-electron chi connectivity index (χ4n) is 3.20. The maximum atomic E-state index is 6.24. The fourth-order valence-corrected chi connectivity index (χ4v) is 3.42. The van der Waals surface area contributed by atoms with Gasteiger partial charge in [-0.3, -0.25) is 4.90 Å². The van der Waals surface area contributed by atoms with E-state index in [2.05, 4.69) is 9.88 Å². The molecule has 0 unspecified atom stereocenters. The minimum atomic E-state index is 0.605. The second kappa shape index (κ2) is 7.47. The van der Waals surface area contributed by atoms with Crippen LogP contribution < -0.4 is 0 Å². The monoisotopic (exact) mass is 334 g/mol. The number of oxazole rings is 1. The fraction of sp³-hybridized carbons (Fsp3) is 0.500. The Morgan fingerprint density at radius 2 is 2.22 bits per heavy atom. The molecular weight excluding hydrogens is 312 g/mol. The van der Waals surface area contributed by atoms with Crippen LogP contribution in [0.5, 0.6) is 0 Å². The summed E-state index contributed by atoms with van der Waals surface area (Å²) in [4.78, 5) is 7.12. The quantitative estimate of drug-likeness (QED) is 0.823. The van der Waals surface area contributed by atoms with Crippen molar-refractivity contribution in [1.29, 1.82) is 0 Å². The van der Waals surface area contributed by atoms with E-state index in [1.54, 1.807) is 7.11 Å². The maximum absolute atomic E-state index is 6.24. The molecule has 4 nitrogen and oxygen atoms in total. The molecule has 3 rings (SSSR count). The number of likely N-dealkylation sites (tertiary alicyclic amines) is 1. The molecule has 5 heteroatoms. The highest BCUT2D eigenvalue weighted by atomic mass is 35.5. The van der Waals surface area contributed by atoms with E-state index in [0.717, 1.165) is 43.3 Å². The second-order valence-corrected chi connectivity index (χ2v) is 6.61. The van der Waals surface area contributed by atoms with Crippen LogP contribution in [0.2, 0.25) is 5.02 Å². The van der Waals surface area contributed by atoms with Crippen LogP contribution >= 0.6 is 11.6 Å². The average Bonchev–Trinajstić information content (AvgIpc) is 2.89. The number of piperidine rings is 1. The standard InChI is InChI=1S/C18H23ClN2O2/c1-13-17(11-21-9-5-6-14(10-21)12-22-2)20-18(23-13)15-7-3-4-8-16(15)19/h3-4,7-8,14H,5-6,9-12H2,1-2H3/t14-/m0/s1. The van der Waals surface area contributed by atoms with Crippen LogP contribution in [0, 0.1) is 12.8 Å². The van der Waals surface area contributed by atoms with E-state index < -0.39 is 0 Å². The number of aromatic nitrogens is 1. The van der Waals surface area contributed by atoms with E-state index in [0.29, 0.717) is 16.8 Å². The van der Waals surface area contributed by atoms with E-state index in [9.17, 15) is 0 Å². The molecule has 23 heavy (non-hydrogen) atoms. The molecule has 124 valence electrons. The van der Waals surface area contributed by atoms with E-state index in [-0.39, 0.29) is 0 Å². The van der Waals surface area contributed by atoms with Crippen molar-refractivity contribution >= 4 is 11.6 Å². The summed E-state index contributed by atoms with van der Waals surface area (Å²) < 4.78 is 11.2. The van der Waals surface area contributed by atoms with Gasteiger partial charge < -0.3 is 9.15 Å². The molecule has 1 aliphatic heterocycles. The number of nitrogens with zero attached hydrogens (tertiary/aromatic N) is 2. The SMILES string of the molecule is COC[C@H]1CCCN(Cc2nc(-c3ccccc3Cl)oc2C)C1. The van der Waals surface area contributed by atoms with Gasteiger partial charge >= 0.3 is 0 Å². The lowest BCUT2D eigenvalue weighted by Crippen LogP contribution is -2.36. The summed E-state index contributed by atoms with van der Waals surface area (Å²) in [5, 5.41) is 0.665. The Bertz CT molecular complexity index is 654. The Hall–Kier alpha value is -1.36. The Morgan fingerprint density at radius 1 is 1.39 bits per heavy atom. The Morgan fingerprint density at radius 3 is 3.00 bits per heavy atom. The first-order valence-electron chi connectivity index (χ1n) is 8.10. The van der Waals surface area contributed by atoms with Gasteiger partial charge in [0.2, 0.25) is 5.89 Å². The van der Waals surface area contributed by atoms with Gasteiger partial charge in [0.05, 0.1) is 22.9 Å². The molecule has 0 aliphatic carbocycles. The van der Waals surface area contributed by atoms with Crippen LogP contribution in [0.25, 0.3) is 11.5 Å². The van der Waals surface area contributed by atoms with Crippen molar-refractivity contribution in [2.45, 2.75) is 26.3 Å². The van der Waals surface area contributed by atoms with E-state index in [1.165, 1.54) is 12.8 Å². The third-order valence-corrected chi connectivity index (χ3v) is 4.71. The van der Waals surface area contributed by atoms with Crippen LogP contribution in [0.4, 0.5) is 0 Å². The Balaban J connectivity index is 1.73. The third kappa shape index (κ3) is 3.94. The molecule has 1 atom stereocenters. The molecule has 1 fully saturated rings. The van der Waals surface area contributed by atoms with Crippen molar-refractivity contribution in [3.63, 3.8) is 0 Å². The maximum Gasteiger partial charge on any atom is 0.228 e. The predicted octanol–water partition coefficient (Wildman–Crippen LogP) is 4.16. The predicted molar refractivity (Wildman–Crippen MR) is 91.6 cm³/mol. The molecule has 0 radical (unpaired) electrons. The second-order valence-electron chi connectivity index (χ2n) is 6.20. The Kier molecular flexibility index (Phi) is 5.36. The molecule has 0 N–H and O–H groups in total. The summed E-state index contributed by atoms with van der Waals surface area (Å²) in [6.45, 7) is 5.79. The smallest absolute Gasteiger partial charge is 0.228 e. The molecule has 0 spiro atoms. The van der Waals surface area contributed by atoms with Crippen molar-refractivity contribution in [2.24, 2.45) is 5.92 Å². The van der Waals surface area contributed by atoms with Gasteiger partial charge in [0.15, 0.2) is 0 Å². The summed E-state index contributed by atoms with van der Waals surface area (Å²) in [6.07, 6.45) is 2.45. The van der Waals surface area contributed by atoms with Crippen LogP contribution in [0.15, 0.2) is 28.7 Å². The number of benzene rings is 1. The van der Waals surface area contributed by atoms with Gasteiger partial charge in [0.25, 0.3) is 0 Å². The van der Waals surface area contributed by atoms with E-state index in [1.807, 2.05) is 31.2 Å². The normalized spacial score (nSPS) is 19.2. The van der Waals surface area contributed by atoms with Crippen molar-refractivity contribution < 1.29 is 9.15 Å². The lowest BCUT2D eigenvalue weighted by atomic mass is 9.99. The highest BCUT2D eigenvalue weighted by Crippen LogP contribution is 2.29. The zero-order valence-electron chi connectivity index (χ0n) is 13.7. The highest BCUT2D eigenvalue weighted by molar-refractivity contribution is 6.33. The topological polar surface area (TPSA) is 38.5 Å². The molecule has 0 amide bonds. The first-order chi connectivity index (χ1) is 11.2. The van der Waals surface area contributed by atoms with E-state index in [4.69, 9.17) is 20.8 Å². The van der Waals surface area contributed by atoms with E-state index >= 15 is 0 Å². The van der Waals surface area contributed by atoms with Gasteiger partial charge in [0, 0.05) is 20.2 Å². The molecule has 2 aromatic rings. The van der Waals surface area contributed by atoms with Crippen molar-refractivity contribution in [1.82, 2.24) is 9.88 Å². The molecule has 0 bridgehead atoms. The average molecular weight is 335 g/mol. The number of hydrogen-bond acceptors (Lipinski definition) is 4. The van der Waals surface area contributed by atoms with Crippen LogP contribution in [-0.4, -0.2) is 36.7 Å². The largest absolute Gasteiger partial charge is 0.441 e. The minimum absolute atomic E-state index is 0.605. The highest BCUT2D eigenvalue weighted by Gasteiger charge is 2.22. The van der Waals surface area contributed by atoms with Gasteiger partial charge in [-0.15, -0.1) is 0 Å².